The van der Waals surface area contributed by atoms with E-state index in [0.29, 0.717) is 19.6 Å². The molecule has 29 heavy (non-hydrogen) atoms. The number of amides is 2. The second-order valence-electron chi connectivity index (χ2n) is 7.28. The molecular weight excluding hydrogens is 384 g/mol. The number of nitrogens with zero attached hydrogens (tertiary/aromatic N) is 2. The van der Waals surface area contributed by atoms with Crippen LogP contribution >= 0.6 is 11.3 Å². The summed E-state index contributed by atoms with van der Waals surface area (Å²) in [6, 6.07) is 17.1. The summed E-state index contributed by atoms with van der Waals surface area (Å²) >= 11 is 1.59. The molecule has 1 aromatic heterocycles. The van der Waals surface area contributed by atoms with Gasteiger partial charge in [0.15, 0.2) is 0 Å². The molecule has 0 atom stereocenters. The van der Waals surface area contributed by atoms with Crippen molar-refractivity contribution in [1.82, 2.24) is 4.90 Å². The molecule has 0 unspecified atom stereocenters. The summed E-state index contributed by atoms with van der Waals surface area (Å²) in [7, 11) is 0. The van der Waals surface area contributed by atoms with Crippen molar-refractivity contribution >= 4 is 29.0 Å². The van der Waals surface area contributed by atoms with Crippen molar-refractivity contribution in [2.24, 2.45) is 0 Å². The third-order valence-electron chi connectivity index (χ3n) is 5.30. The summed E-state index contributed by atoms with van der Waals surface area (Å²) in [5.41, 5.74) is 4.50. The van der Waals surface area contributed by atoms with Crippen LogP contribution in [0.3, 0.4) is 0 Å². The first kappa shape index (κ1) is 19.2. The van der Waals surface area contributed by atoms with Gasteiger partial charge in [0.1, 0.15) is 0 Å². The fourth-order valence-electron chi connectivity index (χ4n) is 3.47. The van der Waals surface area contributed by atoms with E-state index in [0.717, 1.165) is 21.0 Å². The molecule has 1 N–H and O–H groups in total. The van der Waals surface area contributed by atoms with Gasteiger partial charge in [0.25, 0.3) is 0 Å². The highest BCUT2D eigenvalue weighted by atomic mass is 32.1. The molecule has 1 saturated heterocycles. The second kappa shape index (κ2) is 7.72. The second-order valence-corrected chi connectivity index (χ2v) is 8.44. The largest absolute Gasteiger partial charge is 0.478 e. The predicted molar refractivity (Wildman–Crippen MR) is 116 cm³/mol. The van der Waals surface area contributed by atoms with Gasteiger partial charge in [-0.2, -0.15) is 0 Å². The van der Waals surface area contributed by atoms with Gasteiger partial charge in [-0.25, -0.2) is 9.59 Å². The summed E-state index contributed by atoms with van der Waals surface area (Å²) in [5.74, 6) is -0.933. The van der Waals surface area contributed by atoms with Crippen LogP contribution in [0.4, 0.5) is 10.5 Å². The molecular formula is C23H22N2O3S. The Hall–Kier alpha value is -3.12. The Morgan fingerprint density at radius 1 is 1.03 bits per heavy atom. The van der Waals surface area contributed by atoms with Crippen LogP contribution in [0.15, 0.2) is 54.6 Å². The number of carbonyl (C=O) groups is 2. The Bertz CT molecular complexity index is 1090. The van der Waals surface area contributed by atoms with Crippen molar-refractivity contribution in [2.75, 3.05) is 18.0 Å². The van der Waals surface area contributed by atoms with Gasteiger partial charge < -0.3 is 10.0 Å². The van der Waals surface area contributed by atoms with Crippen molar-refractivity contribution in [1.29, 1.82) is 0 Å². The van der Waals surface area contributed by atoms with Crippen molar-refractivity contribution in [3.05, 3.63) is 76.2 Å². The lowest BCUT2D eigenvalue weighted by Crippen LogP contribution is -2.31. The third-order valence-corrected chi connectivity index (χ3v) is 6.42. The van der Waals surface area contributed by atoms with Gasteiger partial charge in [0, 0.05) is 28.5 Å². The fourth-order valence-corrected chi connectivity index (χ4v) is 4.49. The van der Waals surface area contributed by atoms with Gasteiger partial charge in [-0.15, -0.1) is 11.3 Å². The van der Waals surface area contributed by atoms with Crippen molar-refractivity contribution in [2.45, 2.75) is 20.4 Å². The Labute approximate surface area is 173 Å². The molecule has 2 amide bonds. The molecule has 1 aliphatic heterocycles. The standard InChI is InChI=1S/C23H22N2O3S/c1-15-6-7-19(12-16(15)2)25-11-10-24(23(25)28)14-20-8-9-21(29-20)17-4-3-5-18(13-17)22(26)27/h3-9,12-13H,10-11,14H2,1-2H3,(H,26,27). The zero-order valence-corrected chi connectivity index (χ0v) is 17.2. The molecule has 4 rings (SSSR count). The number of carbonyl (C=O) groups excluding carboxylic acids is 1. The van der Waals surface area contributed by atoms with Gasteiger partial charge in [-0.1, -0.05) is 18.2 Å². The molecule has 148 valence electrons. The molecule has 1 fully saturated rings. The summed E-state index contributed by atoms with van der Waals surface area (Å²) in [6.45, 7) is 6.05. The lowest BCUT2D eigenvalue weighted by Gasteiger charge is -2.19. The molecule has 3 aromatic rings. The van der Waals surface area contributed by atoms with Gasteiger partial charge in [0.2, 0.25) is 0 Å². The first-order chi connectivity index (χ1) is 13.9. The Kier molecular flexibility index (Phi) is 5.11. The number of thiophene rings is 1. The van der Waals surface area contributed by atoms with Crippen LogP contribution in [0.5, 0.6) is 0 Å². The molecule has 0 saturated carbocycles. The molecule has 2 heterocycles. The monoisotopic (exact) mass is 406 g/mol. The van der Waals surface area contributed by atoms with E-state index in [-0.39, 0.29) is 11.6 Å². The highest BCUT2D eigenvalue weighted by Crippen LogP contribution is 2.31. The van der Waals surface area contributed by atoms with Crippen molar-refractivity contribution in [3.8, 4) is 10.4 Å². The summed E-state index contributed by atoms with van der Waals surface area (Å²) < 4.78 is 0. The molecule has 0 radical (unpaired) electrons. The smallest absolute Gasteiger partial charge is 0.335 e. The topological polar surface area (TPSA) is 60.9 Å². The van der Waals surface area contributed by atoms with Crippen LogP contribution in [0.1, 0.15) is 26.4 Å². The average molecular weight is 407 g/mol. The molecule has 5 nitrogen and oxygen atoms in total. The molecule has 2 aromatic carbocycles. The van der Waals surface area contributed by atoms with Crippen LogP contribution in [0.25, 0.3) is 10.4 Å². The number of hydrogen-bond acceptors (Lipinski definition) is 3. The minimum absolute atomic E-state index is 0.0241. The van der Waals surface area contributed by atoms with Gasteiger partial charge >= 0.3 is 12.0 Å². The normalized spacial score (nSPS) is 13.9. The van der Waals surface area contributed by atoms with E-state index in [2.05, 4.69) is 26.0 Å². The number of aromatic carboxylic acids is 1. The van der Waals surface area contributed by atoms with Crippen LogP contribution < -0.4 is 4.90 Å². The van der Waals surface area contributed by atoms with Gasteiger partial charge in [-0.3, -0.25) is 4.90 Å². The number of anilines is 1. The average Bonchev–Trinajstić information content (AvgIpc) is 3.32. The number of hydrogen-bond donors (Lipinski definition) is 1. The quantitative estimate of drug-likeness (QED) is 0.636. The third kappa shape index (κ3) is 3.89. The summed E-state index contributed by atoms with van der Waals surface area (Å²) in [5, 5.41) is 9.19. The highest BCUT2D eigenvalue weighted by molar-refractivity contribution is 7.15. The first-order valence-corrected chi connectivity index (χ1v) is 10.3. The Morgan fingerprint density at radius 2 is 1.86 bits per heavy atom. The molecule has 6 heteroatoms. The van der Waals surface area contributed by atoms with E-state index in [4.69, 9.17) is 0 Å². The number of carboxylic acid groups (broad SMARTS) is 1. The zero-order chi connectivity index (χ0) is 20.5. The van der Waals surface area contributed by atoms with E-state index in [1.54, 1.807) is 29.5 Å². The van der Waals surface area contributed by atoms with Crippen molar-refractivity contribution < 1.29 is 14.7 Å². The lowest BCUT2D eigenvalue weighted by atomic mass is 10.1. The number of rotatable bonds is 5. The van der Waals surface area contributed by atoms with Crippen molar-refractivity contribution in [3.63, 3.8) is 0 Å². The SMILES string of the molecule is Cc1ccc(N2CCN(Cc3ccc(-c4cccc(C(=O)O)c4)s3)C2=O)cc1C. The fraction of sp³-hybridized carbons (Fsp3) is 0.217. The van der Waals surface area contributed by atoms with Gasteiger partial charge in [0.05, 0.1) is 12.1 Å². The minimum Gasteiger partial charge on any atom is -0.478 e. The molecule has 1 aliphatic rings. The number of urea groups is 1. The van der Waals surface area contributed by atoms with Gasteiger partial charge in [-0.05, 0) is 66.9 Å². The number of benzene rings is 2. The lowest BCUT2D eigenvalue weighted by molar-refractivity contribution is 0.0697. The van der Waals surface area contributed by atoms with E-state index >= 15 is 0 Å². The maximum Gasteiger partial charge on any atom is 0.335 e. The summed E-state index contributed by atoms with van der Waals surface area (Å²) in [4.78, 5) is 29.9. The molecule has 0 aliphatic carbocycles. The predicted octanol–water partition coefficient (Wildman–Crippen LogP) is 5.17. The number of aryl methyl sites for hydroxylation is 2. The van der Waals surface area contributed by atoms with E-state index < -0.39 is 5.97 Å². The van der Waals surface area contributed by atoms with Crippen LogP contribution in [0, 0.1) is 13.8 Å². The first-order valence-electron chi connectivity index (χ1n) is 9.48. The Balaban J connectivity index is 1.48. The van der Waals surface area contributed by atoms with Crippen LogP contribution in [-0.2, 0) is 6.54 Å². The zero-order valence-electron chi connectivity index (χ0n) is 16.4. The highest BCUT2D eigenvalue weighted by Gasteiger charge is 2.30. The molecule has 0 spiro atoms. The maximum absolute atomic E-state index is 12.9. The van der Waals surface area contributed by atoms with E-state index in [9.17, 15) is 14.7 Å². The van der Waals surface area contributed by atoms with E-state index in [1.807, 2.05) is 34.1 Å². The Morgan fingerprint density at radius 3 is 2.62 bits per heavy atom. The maximum atomic E-state index is 12.9. The summed E-state index contributed by atoms with van der Waals surface area (Å²) in [6.07, 6.45) is 0. The van der Waals surface area contributed by atoms with Crippen LogP contribution in [0.2, 0.25) is 0 Å². The molecule has 0 bridgehead atoms. The number of carboxylic acids is 1. The van der Waals surface area contributed by atoms with E-state index in [1.165, 1.54) is 11.1 Å². The van der Waals surface area contributed by atoms with Crippen LogP contribution in [-0.4, -0.2) is 35.1 Å². The minimum atomic E-state index is -0.933.